The molecule has 0 saturated heterocycles. The fourth-order valence-corrected chi connectivity index (χ4v) is 3.17. The Labute approximate surface area is 121 Å². The molecule has 0 radical (unpaired) electrons. The fourth-order valence-electron chi connectivity index (χ4n) is 3.17. The topological polar surface area (TPSA) is 68.2 Å². The molecule has 1 saturated carbocycles. The van der Waals surface area contributed by atoms with Crippen LogP contribution >= 0.6 is 0 Å². The van der Waals surface area contributed by atoms with E-state index < -0.39 is 0 Å². The Kier molecular flexibility index (Phi) is 5.54. The van der Waals surface area contributed by atoms with Gasteiger partial charge < -0.3 is 10.3 Å². The van der Waals surface area contributed by atoms with E-state index >= 15 is 0 Å². The van der Waals surface area contributed by atoms with Crippen LogP contribution in [0.15, 0.2) is 4.52 Å². The van der Waals surface area contributed by atoms with Crippen LogP contribution in [0.3, 0.4) is 0 Å². The standard InChI is InChI=1S/C15H28N4O/c1-11(2)8-15-17-14(18-20-15)10-19(3)13-7-5-4-6-12(13)9-16/h11-13H,4-10,16H2,1-3H3. The Balaban J connectivity index is 1.92. The lowest BCUT2D eigenvalue weighted by atomic mass is 9.84. The number of nitrogens with two attached hydrogens (primary N) is 1. The molecular weight excluding hydrogens is 252 g/mol. The molecule has 2 rings (SSSR count). The van der Waals surface area contributed by atoms with Gasteiger partial charge in [-0.15, -0.1) is 0 Å². The lowest BCUT2D eigenvalue weighted by molar-refractivity contribution is 0.124. The van der Waals surface area contributed by atoms with Crippen molar-refractivity contribution in [2.45, 2.75) is 58.5 Å². The molecule has 5 heteroatoms. The first kappa shape index (κ1) is 15.4. The SMILES string of the molecule is CC(C)Cc1nc(CN(C)C2CCCCC2CN)no1. The quantitative estimate of drug-likeness (QED) is 0.865. The van der Waals surface area contributed by atoms with Crippen LogP contribution < -0.4 is 5.73 Å². The zero-order valence-electron chi connectivity index (χ0n) is 13.0. The minimum Gasteiger partial charge on any atom is -0.339 e. The second-order valence-corrected chi connectivity index (χ2v) is 6.47. The highest BCUT2D eigenvalue weighted by Crippen LogP contribution is 2.27. The predicted octanol–water partition coefficient (Wildman–Crippen LogP) is 2.22. The number of aromatic nitrogens is 2. The van der Waals surface area contributed by atoms with Crippen LogP contribution in [0.25, 0.3) is 0 Å². The summed E-state index contributed by atoms with van der Waals surface area (Å²) in [6, 6.07) is 0.556. The Hall–Kier alpha value is -0.940. The Bertz CT molecular complexity index is 404. The van der Waals surface area contributed by atoms with Gasteiger partial charge in [0.25, 0.3) is 0 Å². The smallest absolute Gasteiger partial charge is 0.226 e. The molecule has 0 amide bonds. The Morgan fingerprint density at radius 1 is 1.35 bits per heavy atom. The number of nitrogens with zero attached hydrogens (tertiary/aromatic N) is 3. The van der Waals surface area contributed by atoms with Gasteiger partial charge in [0, 0.05) is 12.5 Å². The third kappa shape index (κ3) is 4.03. The molecule has 1 aliphatic rings. The lowest BCUT2D eigenvalue weighted by Crippen LogP contribution is -2.42. The molecule has 1 aliphatic carbocycles. The highest BCUT2D eigenvalue weighted by molar-refractivity contribution is 4.90. The molecule has 2 unspecified atom stereocenters. The molecule has 0 bridgehead atoms. The van der Waals surface area contributed by atoms with Gasteiger partial charge in [0.2, 0.25) is 5.89 Å². The summed E-state index contributed by atoms with van der Waals surface area (Å²) >= 11 is 0. The molecular formula is C15H28N4O. The average molecular weight is 280 g/mol. The number of hydrogen-bond acceptors (Lipinski definition) is 5. The summed E-state index contributed by atoms with van der Waals surface area (Å²) in [5.74, 6) is 2.70. The second kappa shape index (κ2) is 7.18. The van der Waals surface area contributed by atoms with Crippen molar-refractivity contribution in [2.75, 3.05) is 13.6 Å². The van der Waals surface area contributed by atoms with Crippen molar-refractivity contribution in [2.24, 2.45) is 17.6 Å². The summed E-state index contributed by atoms with van der Waals surface area (Å²) < 4.78 is 5.30. The summed E-state index contributed by atoms with van der Waals surface area (Å²) in [7, 11) is 2.15. The molecule has 114 valence electrons. The zero-order valence-corrected chi connectivity index (χ0v) is 13.0. The van der Waals surface area contributed by atoms with Gasteiger partial charge in [-0.05, 0) is 38.3 Å². The van der Waals surface area contributed by atoms with Crippen LogP contribution in [0, 0.1) is 11.8 Å². The summed E-state index contributed by atoms with van der Waals surface area (Å²) in [4.78, 5) is 6.83. The molecule has 2 atom stereocenters. The minimum absolute atomic E-state index is 0.543. The molecule has 1 heterocycles. The molecule has 1 aromatic heterocycles. The lowest BCUT2D eigenvalue weighted by Gasteiger charge is -2.36. The summed E-state index contributed by atoms with van der Waals surface area (Å²) in [6.07, 6.45) is 5.94. The van der Waals surface area contributed by atoms with Crippen LogP contribution in [0.1, 0.15) is 51.2 Å². The number of hydrogen-bond donors (Lipinski definition) is 1. The minimum atomic E-state index is 0.543. The van der Waals surface area contributed by atoms with Gasteiger partial charge in [0.15, 0.2) is 5.82 Å². The van der Waals surface area contributed by atoms with Crippen LogP contribution in [-0.4, -0.2) is 34.7 Å². The maximum atomic E-state index is 5.91. The van der Waals surface area contributed by atoms with Gasteiger partial charge in [0.1, 0.15) is 0 Å². The third-order valence-corrected chi connectivity index (χ3v) is 4.22. The molecule has 1 fully saturated rings. The summed E-state index contributed by atoms with van der Waals surface area (Å²) in [5.41, 5.74) is 5.91. The molecule has 20 heavy (non-hydrogen) atoms. The first-order chi connectivity index (χ1) is 9.60. The average Bonchev–Trinajstić information content (AvgIpc) is 2.85. The van der Waals surface area contributed by atoms with E-state index in [0.717, 1.165) is 31.2 Å². The largest absolute Gasteiger partial charge is 0.339 e. The van der Waals surface area contributed by atoms with E-state index in [9.17, 15) is 0 Å². The van der Waals surface area contributed by atoms with Gasteiger partial charge in [-0.1, -0.05) is 31.8 Å². The van der Waals surface area contributed by atoms with Crippen LogP contribution in [0.2, 0.25) is 0 Å². The third-order valence-electron chi connectivity index (χ3n) is 4.22. The highest BCUT2D eigenvalue weighted by Gasteiger charge is 2.28. The summed E-state index contributed by atoms with van der Waals surface area (Å²) in [6.45, 7) is 5.84. The van der Waals surface area contributed by atoms with Gasteiger partial charge in [-0.3, -0.25) is 4.90 Å². The van der Waals surface area contributed by atoms with Gasteiger partial charge >= 0.3 is 0 Å². The molecule has 0 spiro atoms. The van der Waals surface area contributed by atoms with Crippen LogP contribution in [0.5, 0.6) is 0 Å². The maximum absolute atomic E-state index is 5.91. The van der Waals surface area contributed by atoms with Crippen LogP contribution in [0.4, 0.5) is 0 Å². The van der Waals surface area contributed by atoms with E-state index in [1.165, 1.54) is 25.7 Å². The summed E-state index contributed by atoms with van der Waals surface area (Å²) in [5, 5.41) is 4.10. The van der Waals surface area contributed by atoms with Crippen molar-refractivity contribution >= 4 is 0 Å². The van der Waals surface area contributed by atoms with E-state index in [1.54, 1.807) is 0 Å². The van der Waals surface area contributed by atoms with Crippen molar-refractivity contribution in [3.8, 4) is 0 Å². The molecule has 0 aliphatic heterocycles. The highest BCUT2D eigenvalue weighted by atomic mass is 16.5. The first-order valence-electron chi connectivity index (χ1n) is 7.82. The van der Waals surface area contributed by atoms with Gasteiger partial charge in [0.05, 0.1) is 6.54 Å². The van der Waals surface area contributed by atoms with Crippen molar-refractivity contribution in [3.63, 3.8) is 0 Å². The van der Waals surface area contributed by atoms with Crippen molar-refractivity contribution in [3.05, 3.63) is 11.7 Å². The normalized spacial score (nSPS) is 23.7. The van der Waals surface area contributed by atoms with E-state index in [-0.39, 0.29) is 0 Å². The molecule has 5 nitrogen and oxygen atoms in total. The van der Waals surface area contributed by atoms with Gasteiger partial charge in [-0.2, -0.15) is 4.98 Å². The number of rotatable bonds is 6. The Morgan fingerprint density at radius 2 is 2.10 bits per heavy atom. The van der Waals surface area contributed by atoms with E-state index in [4.69, 9.17) is 10.3 Å². The van der Waals surface area contributed by atoms with E-state index in [2.05, 4.69) is 35.9 Å². The van der Waals surface area contributed by atoms with Crippen LogP contribution in [-0.2, 0) is 13.0 Å². The van der Waals surface area contributed by atoms with E-state index in [1.807, 2.05) is 0 Å². The van der Waals surface area contributed by atoms with Crippen molar-refractivity contribution in [1.82, 2.24) is 15.0 Å². The first-order valence-corrected chi connectivity index (χ1v) is 7.82. The van der Waals surface area contributed by atoms with Crippen molar-refractivity contribution in [1.29, 1.82) is 0 Å². The van der Waals surface area contributed by atoms with Gasteiger partial charge in [-0.25, -0.2) is 0 Å². The molecule has 2 N–H and O–H groups in total. The van der Waals surface area contributed by atoms with E-state index in [0.29, 0.717) is 17.9 Å². The van der Waals surface area contributed by atoms with Crippen molar-refractivity contribution < 1.29 is 4.52 Å². The zero-order chi connectivity index (χ0) is 14.5. The molecule has 1 aromatic rings. The Morgan fingerprint density at radius 3 is 2.80 bits per heavy atom. The second-order valence-electron chi connectivity index (χ2n) is 6.47. The fraction of sp³-hybridized carbons (Fsp3) is 0.867. The molecule has 0 aromatic carbocycles. The monoisotopic (exact) mass is 280 g/mol. The predicted molar refractivity (Wildman–Crippen MR) is 79.1 cm³/mol. The maximum Gasteiger partial charge on any atom is 0.226 e.